The summed E-state index contributed by atoms with van der Waals surface area (Å²) in [6.45, 7) is 30.0. The van der Waals surface area contributed by atoms with Gasteiger partial charge in [0.1, 0.15) is 5.82 Å². The first kappa shape index (κ1) is 61.3. The summed E-state index contributed by atoms with van der Waals surface area (Å²) in [6.07, 6.45) is 1.93. The molecular formula is C88H76N5OPt-3. The van der Waals surface area contributed by atoms with E-state index >= 15 is 0 Å². The van der Waals surface area contributed by atoms with Gasteiger partial charge in [-0.1, -0.05) is 240 Å². The number of anilines is 2. The van der Waals surface area contributed by atoms with Crippen LogP contribution in [0.4, 0.5) is 11.4 Å². The monoisotopic (exact) mass is 1410 g/mol. The average molecular weight is 1410 g/mol. The van der Waals surface area contributed by atoms with Crippen LogP contribution >= 0.6 is 0 Å². The summed E-state index contributed by atoms with van der Waals surface area (Å²) in [4.78, 5) is 7.36. The number of aromatic nitrogens is 4. The van der Waals surface area contributed by atoms with E-state index in [2.05, 4.69) is 339 Å². The summed E-state index contributed by atoms with van der Waals surface area (Å²) in [7, 11) is 0. The van der Waals surface area contributed by atoms with Gasteiger partial charge in [-0.3, -0.25) is 0 Å². The smallest absolute Gasteiger partial charge is 0.135 e. The number of para-hydroxylation sites is 4. The van der Waals surface area contributed by atoms with Gasteiger partial charge in [-0.05, 0) is 176 Å². The van der Waals surface area contributed by atoms with Gasteiger partial charge in [0.25, 0.3) is 0 Å². The first-order valence-electron chi connectivity index (χ1n) is 33.0. The van der Waals surface area contributed by atoms with Crippen LogP contribution in [-0.4, -0.2) is 18.7 Å². The van der Waals surface area contributed by atoms with Crippen molar-refractivity contribution in [2.24, 2.45) is 0 Å². The summed E-state index contributed by atoms with van der Waals surface area (Å²) in [5, 5.41) is 11.6. The van der Waals surface area contributed by atoms with Crippen molar-refractivity contribution in [3.63, 3.8) is 0 Å². The Balaban J connectivity index is 0.00000743. The van der Waals surface area contributed by atoms with Gasteiger partial charge in [0.05, 0.1) is 11.0 Å². The second-order valence-electron chi connectivity index (χ2n) is 29.8. The van der Waals surface area contributed by atoms with E-state index < -0.39 is 0 Å². The minimum absolute atomic E-state index is 0. The number of benzene rings is 11. The third kappa shape index (κ3) is 10.5. The van der Waals surface area contributed by atoms with Gasteiger partial charge in [0.2, 0.25) is 0 Å². The SMILES string of the molecule is CC(C)(C)c1cc(-c2cc(C(C)(C)C)cc(C(C)(C)C)c2)cc(-c2cccc3c4ccccc4c4ccccc4c4cccc5c4n(c23)[CH-]N5c2[c-]c(Oc3[c-]c4c(cc3)c3cc(-n5c6ccccc6c6ccccc65)ccc3n4-c3cc(C(C)(C)C)ccn3)ccc2)c1.[Pt]. The van der Waals surface area contributed by atoms with E-state index in [-0.39, 0.29) is 42.7 Å². The molecule has 0 unspecified atom stereocenters. The Hall–Kier alpha value is -9.87. The van der Waals surface area contributed by atoms with Crippen molar-refractivity contribution < 1.29 is 25.8 Å². The number of hydrogen-bond donors (Lipinski definition) is 0. The third-order valence-electron chi connectivity index (χ3n) is 19.4. The zero-order chi connectivity index (χ0) is 64.7. The molecule has 0 saturated carbocycles. The fourth-order valence-corrected chi connectivity index (χ4v) is 14.3. The molecule has 1 aliphatic heterocycles. The van der Waals surface area contributed by atoms with Crippen molar-refractivity contribution >= 4 is 98.3 Å². The predicted molar refractivity (Wildman–Crippen MR) is 397 cm³/mol. The normalized spacial score (nSPS) is 12.8. The number of ether oxygens (including phenoxy) is 1. The fourth-order valence-electron chi connectivity index (χ4n) is 14.3. The van der Waals surface area contributed by atoms with Gasteiger partial charge in [0, 0.05) is 66.4 Å². The van der Waals surface area contributed by atoms with E-state index in [0.717, 1.165) is 77.6 Å². The second kappa shape index (κ2) is 22.7. The standard InChI is InChI=1S/C88H76N5O.Pt/c1-85(2,3)58-42-43-89-82(50-58)93-79-41-38-63(92-77-35-19-17-30-71(77)72-31-18-20-36-78(72)92)52-76(79)73-40-39-65(53-81(73)93)94-64-25-21-24-62(51-64)90-54-91-83-66(57-44-55(45-59(48-57)86(4,5)6)56-46-60(87(7,8)9)49-61(47-56)88(10,11)12)32-22-33-74(83)69-28-15-13-26-67(69)68-27-14-16-29-70(68)75-34-23-37-80(90)84(75)91;/h13-50,52,54H,1-12H3;/q-3;. The van der Waals surface area contributed by atoms with E-state index in [4.69, 9.17) is 9.72 Å². The summed E-state index contributed by atoms with van der Waals surface area (Å²) < 4.78 is 14.1. The topological polar surface area (TPSA) is 40.1 Å². The van der Waals surface area contributed by atoms with Crippen molar-refractivity contribution in [1.29, 1.82) is 0 Å². The predicted octanol–water partition coefficient (Wildman–Crippen LogP) is 23.8. The summed E-state index contributed by atoms with van der Waals surface area (Å²) in [5.41, 5.74) is 18.9. The second-order valence-corrected chi connectivity index (χ2v) is 29.8. The molecule has 7 heteroatoms. The zero-order valence-corrected chi connectivity index (χ0v) is 58.3. The molecule has 0 bridgehead atoms. The Labute approximate surface area is 571 Å². The molecule has 1 aliphatic rings. The molecule has 15 aromatic rings. The van der Waals surface area contributed by atoms with Crippen LogP contribution in [0.2, 0.25) is 0 Å². The number of nitrogens with zero attached hydrogens (tertiary/aromatic N) is 5. The molecule has 0 fully saturated rings. The molecule has 5 heterocycles. The quantitative estimate of drug-likeness (QED) is 0.149. The first-order chi connectivity index (χ1) is 45.1. The molecule has 0 amide bonds. The Kier molecular flexibility index (Phi) is 14.6. The molecule has 16 rings (SSSR count). The summed E-state index contributed by atoms with van der Waals surface area (Å²) >= 11 is 0. The maximum absolute atomic E-state index is 7.02. The van der Waals surface area contributed by atoms with Crippen molar-refractivity contribution in [1.82, 2.24) is 18.7 Å². The van der Waals surface area contributed by atoms with Gasteiger partial charge in [0.15, 0.2) is 0 Å². The number of rotatable bonds is 7. The molecule has 4 aromatic heterocycles. The van der Waals surface area contributed by atoms with Crippen molar-refractivity contribution in [2.75, 3.05) is 4.90 Å². The zero-order valence-electron chi connectivity index (χ0n) is 56.1. The third-order valence-corrected chi connectivity index (χ3v) is 19.4. The number of hydrogen-bond acceptors (Lipinski definition) is 3. The van der Waals surface area contributed by atoms with Crippen LogP contribution in [0.1, 0.15) is 105 Å². The molecule has 0 N–H and O–H groups in total. The van der Waals surface area contributed by atoms with Crippen molar-refractivity contribution in [2.45, 2.75) is 105 Å². The summed E-state index contributed by atoms with van der Waals surface area (Å²) in [5.74, 6) is 1.96. The molecule has 0 aliphatic carbocycles. The van der Waals surface area contributed by atoms with Crippen molar-refractivity contribution in [3.8, 4) is 45.3 Å². The molecule has 6 nitrogen and oxygen atoms in total. The number of pyridine rings is 1. The Morgan fingerprint density at radius 1 is 0.368 bits per heavy atom. The Morgan fingerprint density at radius 2 is 0.874 bits per heavy atom. The summed E-state index contributed by atoms with van der Waals surface area (Å²) in [6, 6.07) is 92.6. The average Bonchev–Trinajstić information content (AvgIpc) is 1.59. The van der Waals surface area contributed by atoms with Gasteiger partial charge in [-0.25, -0.2) is 4.98 Å². The molecule has 472 valence electrons. The van der Waals surface area contributed by atoms with Crippen LogP contribution in [0.15, 0.2) is 237 Å². The van der Waals surface area contributed by atoms with Crippen LogP contribution < -0.4 is 9.64 Å². The van der Waals surface area contributed by atoms with E-state index in [1.54, 1.807) is 0 Å². The molecule has 0 spiro atoms. The van der Waals surface area contributed by atoms with Gasteiger partial charge >= 0.3 is 0 Å². The molecule has 95 heavy (non-hydrogen) atoms. The van der Waals surface area contributed by atoms with Crippen LogP contribution in [0.5, 0.6) is 11.5 Å². The maximum Gasteiger partial charge on any atom is 0.135 e. The molecule has 0 atom stereocenters. The van der Waals surface area contributed by atoms with E-state index in [0.29, 0.717) is 11.5 Å². The fraction of sp³-hybridized carbons (Fsp3) is 0.182. The van der Waals surface area contributed by atoms with Crippen LogP contribution in [-0.2, 0) is 42.7 Å². The van der Waals surface area contributed by atoms with E-state index in [1.165, 1.54) is 76.7 Å². The van der Waals surface area contributed by atoms with E-state index in [1.807, 2.05) is 18.3 Å². The first-order valence-corrected chi connectivity index (χ1v) is 33.0. The van der Waals surface area contributed by atoms with Gasteiger partial charge in [-0.2, -0.15) is 12.1 Å². The van der Waals surface area contributed by atoms with Crippen LogP contribution in [0.25, 0.3) is 121 Å². The Morgan fingerprint density at radius 3 is 1.49 bits per heavy atom. The molecule has 11 aromatic carbocycles. The molecule has 0 radical (unpaired) electrons. The van der Waals surface area contributed by atoms with Crippen molar-refractivity contribution in [3.05, 3.63) is 278 Å². The minimum Gasteiger partial charge on any atom is -0.509 e. The largest absolute Gasteiger partial charge is 0.509 e. The molecule has 0 saturated heterocycles. The maximum atomic E-state index is 7.02. The number of fused-ring (bicyclic) bond motifs is 13. The van der Waals surface area contributed by atoms with Crippen LogP contribution in [0.3, 0.4) is 0 Å². The van der Waals surface area contributed by atoms with E-state index in [9.17, 15) is 0 Å². The Bertz CT molecular complexity index is 5610. The minimum atomic E-state index is -0.149. The molecular weight excluding hydrogens is 1340 g/mol. The van der Waals surface area contributed by atoms with Gasteiger partial charge < -0.3 is 23.3 Å². The van der Waals surface area contributed by atoms with Crippen LogP contribution in [0, 0.1) is 18.8 Å². The van der Waals surface area contributed by atoms with Gasteiger partial charge in [-0.15, -0.1) is 35.7 Å².